The van der Waals surface area contributed by atoms with Crippen LogP contribution >= 0.6 is 0 Å². The second-order valence-electron chi connectivity index (χ2n) is 4.40. The Bertz CT molecular complexity index is 779. The Labute approximate surface area is 129 Å². The Balaban J connectivity index is 2.47. The Hall–Kier alpha value is -3.07. The van der Waals surface area contributed by atoms with Crippen molar-refractivity contribution >= 4 is 17.1 Å². The van der Waals surface area contributed by atoms with Crippen molar-refractivity contribution < 1.29 is 24.3 Å². The summed E-state index contributed by atoms with van der Waals surface area (Å²) in [4.78, 5) is 10.1. The molecule has 2 aromatic carbocycles. The fourth-order valence-electron chi connectivity index (χ4n) is 1.80. The fourth-order valence-corrected chi connectivity index (χ4v) is 1.80. The first-order chi connectivity index (χ1) is 11.0. The van der Waals surface area contributed by atoms with Crippen LogP contribution in [0.5, 0.6) is 11.5 Å². The van der Waals surface area contributed by atoms with Crippen LogP contribution in [-0.2, 0) is 6.61 Å². The SMILES string of the molecule is COc1cc(CO)c(O)c(/N=N/c2ccc(F)cc2[N+](=O)[O-])c1. The number of hydrogen-bond donors (Lipinski definition) is 2. The summed E-state index contributed by atoms with van der Waals surface area (Å²) in [5.74, 6) is -0.793. The van der Waals surface area contributed by atoms with E-state index < -0.39 is 23.0 Å². The van der Waals surface area contributed by atoms with Gasteiger partial charge < -0.3 is 14.9 Å². The summed E-state index contributed by atoms with van der Waals surface area (Å²) in [5.41, 5.74) is -0.624. The molecule has 9 heteroatoms. The summed E-state index contributed by atoms with van der Waals surface area (Å²) >= 11 is 0. The summed E-state index contributed by atoms with van der Waals surface area (Å²) in [7, 11) is 1.39. The molecule has 0 radical (unpaired) electrons. The van der Waals surface area contributed by atoms with Crippen molar-refractivity contribution in [3.63, 3.8) is 0 Å². The van der Waals surface area contributed by atoms with Gasteiger partial charge in [0, 0.05) is 11.6 Å². The highest BCUT2D eigenvalue weighted by molar-refractivity contribution is 5.61. The number of aliphatic hydroxyl groups excluding tert-OH is 1. The standard InChI is InChI=1S/C14H12FN3O5/c1-23-10-4-8(7-19)14(20)12(6-10)17-16-11-3-2-9(15)5-13(11)18(21)22/h2-6,19-20H,7H2,1H3/b17-16+. The van der Waals surface area contributed by atoms with Gasteiger partial charge in [0.25, 0.3) is 5.69 Å². The predicted octanol–water partition coefficient (Wildman–Crippen LogP) is 3.36. The number of aromatic hydroxyl groups is 1. The van der Waals surface area contributed by atoms with E-state index >= 15 is 0 Å². The average molecular weight is 321 g/mol. The van der Waals surface area contributed by atoms with E-state index in [1.807, 2.05) is 0 Å². The number of halogens is 1. The van der Waals surface area contributed by atoms with Crippen LogP contribution in [0, 0.1) is 15.9 Å². The number of ether oxygens (including phenoxy) is 1. The normalized spacial score (nSPS) is 10.9. The second kappa shape index (κ2) is 6.79. The Morgan fingerprint density at radius 2 is 1.96 bits per heavy atom. The lowest BCUT2D eigenvalue weighted by atomic mass is 10.1. The minimum atomic E-state index is -0.790. The first kappa shape index (κ1) is 16.3. The monoisotopic (exact) mass is 321 g/mol. The molecule has 8 nitrogen and oxygen atoms in total. The number of nitro groups is 1. The maximum absolute atomic E-state index is 13.1. The predicted molar refractivity (Wildman–Crippen MR) is 77.8 cm³/mol. The topological polar surface area (TPSA) is 118 Å². The molecule has 2 rings (SSSR count). The third-order valence-corrected chi connectivity index (χ3v) is 2.95. The van der Waals surface area contributed by atoms with E-state index in [-0.39, 0.29) is 22.7 Å². The molecule has 0 bridgehead atoms. The quantitative estimate of drug-likeness (QED) is 0.497. The van der Waals surface area contributed by atoms with Crippen LogP contribution in [0.4, 0.5) is 21.5 Å². The van der Waals surface area contributed by atoms with E-state index in [4.69, 9.17) is 4.74 Å². The van der Waals surface area contributed by atoms with E-state index in [0.29, 0.717) is 5.75 Å². The molecule has 0 saturated heterocycles. The Kier molecular flexibility index (Phi) is 4.82. The van der Waals surface area contributed by atoms with Gasteiger partial charge in [0.2, 0.25) is 0 Å². The minimum absolute atomic E-state index is 0.0491. The number of benzene rings is 2. The van der Waals surface area contributed by atoms with Crippen LogP contribution in [0.2, 0.25) is 0 Å². The molecule has 0 aromatic heterocycles. The lowest BCUT2D eigenvalue weighted by Crippen LogP contribution is -1.90. The van der Waals surface area contributed by atoms with Gasteiger partial charge in [-0.25, -0.2) is 4.39 Å². The lowest BCUT2D eigenvalue weighted by molar-refractivity contribution is -0.384. The van der Waals surface area contributed by atoms with Crippen molar-refractivity contribution in [3.05, 3.63) is 51.8 Å². The zero-order valence-corrected chi connectivity index (χ0v) is 11.9. The van der Waals surface area contributed by atoms with Gasteiger partial charge in [0.1, 0.15) is 23.0 Å². The zero-order valence-electron chi connectivity index (χ0n) is 11.9. The number of rotatable bonds is 5. The van der Waals surface area contributed by atoms with Crippen molar-refractivity contribution in [1.29, 1.82) is 0 Å². The largest absolute Gasteiger partial charge is 0.505 e. The summed E-state index contributed by atoms with van der Waals surface area (Å²) < 4.78 is 18.1. The van der Waals surface area contributed by atoms with Gasteiger partial charge in [-0.05, 0) is 18.2 Å². The van der Waals surface area contributed by atoms with Gasteiger partial charge in [0.15, 0.2) is 5.69 Å². The molecule has 2 aromatic rings. The molecular weight excluding hydrogens is 309 g/mol. The highest BCUT2D eigenvalue weighted by Crippen LogP contribution is 2.37. The van der Waals surface area contributed by atoms with Crippen molar-refractivity contribution in [2.45, 2.75) is 6.61 Å². The third kappa shape index (κ3) is 3.58. The van der Waals surface area contributed by atoms with Gasteiger partial charge >= 0.3 is 0 Å². The van der Waals surface area contributed by atoms with E-state index in [0.717, 1.165) is 18.2 Å². The molecule has 0 aliphatic carbocycles. The highest BCUT2D eigenvalue weighted by atomic mass is 19.1. The zero-order chi connectivity index (χ0) is 17.0. The molecule has 2 N–H and O–H groups in total. The molecule has 0 spiro atoms. The van der Waals surface area contributed by atoms with Crippen molar-refractivity contribution in [3.8, 4) is 11.5 Å². The maximum atomic E-state index is 13.1. The number of azo groups is 1. The fraction of sp³-hybridized carbons (Fsp3) is 0.143. The first-order valence-corrected chi connectivity index (χ1v) is 6.32. The summed E-state index contributed by atoms with van der Waals surface area (Å²) in [6, 6.07) is 5.58. The smallest absolute Gasteiger partial charge is 0.299 e. The van der Waals surface area contributed by atoms with Gasteiger partial charge in [-0.1, -0.05) is 0 Å². The van der Waals surface area contributed by atoms with E-state index in [1.165, 1.54) is 19.2 Å². The molecule has 0 aliphatic heterocycles. The molecule has 0 aliphatic rings. The minimum Gasteiger partial charge on any atom is -0.505 e. The Morgan fingerprint density at radius 3 is 2.57 bits per heavy atom. The van der Waals surface area contributed by atoms with Crippen LogP contribution < -0.4 is 4.74 Å². The highest BCUT2D eigenvalue weighted by Gasteiger charge is 2.15. The number of phenols is 1. The van der Waals surface area contributed by atoms with Crippen LogP contribution in [-0.4, -0.2) is 22.2 Å². The molecule has 0 saturated carbocycles. The Morgan fingerprint density at radius 1 is 1.26 bits per heavy atom. The maximum Gasteiger partial charge on any atom is 0.299 e. The number of hydrogen-bond acceptors (Lipinski definition) is 7. The van der Waals surface area contributed by atoms with E-state index in [1.54, 1.807) is 0 Å². The summed E-state index contributed by atoms with van der Waals surface area (Å²) in [6.45, 7) is -0.456. The number of methoxy groups -OCH3 is 1. The molecule has 0 unspecified atom stereocenters. The van der Waals surface area contributed by atoms with Crippen LogP contribution in [0.25, 0.3) is 0 Å². The molecule has 0 atom stereocenters. The molecular formula is C14H12FN3O5. The number of aliphatic hydroxyl groups is 1. The van der Waals surface area contributed by atoms with Crippen molar-refractivity contribution in [1.82, 2.24) is 0 Å². The van der Waals surface area contributed by atoms with Crippen LogP contribution in [0.3, 0.4) is 0 Å². The van der Waals surface area contributed by atoms with Crippen molar-refractivity contribution in [2.24, 2.45) is 10.2 Å². The lowest BCUT2D eigenvalue weighted by Gasteiger charge is -2.07. The van der Waals surface area contributed by atoms with Crippen molar-refractivity contribution in [2.75, 3.05) is 7.11 Å². The molecule has 120 valence electrons. The van der Waals surface area contributed by atoms with Gasteiger partial charge in [0.05, 0.1) is 24.7 Å². The second-order valence-corrected chi connectivity index (χ2v) is 4.40. The van der Waals surface area contributed by atoms with E-state index in [9.17, 15) is 24.7 Å². The summed E-state index contributed by atoms with van der Waals surface area (Å²) in [6.07, 6.45) is 0. The van der Waals surface area contributed by atoms with Gasteiger partial charge in [-0.3, -0.25) is 10.1 Å². The average Bonchev–Trinajstić information content (AvgIpc) is 2.54. The number of nitrogens with zero attached hydrogens (tertiary/aromatic N) is 3. The van der Waals surface area contributed by atoms with E-state index in [2.05, 4.69) is 10.2 Å². The van der Waals surface area contributed by atoms with Gasteiger partial charge in [-0.15, -0.1) is 10.2 Å². The molecule has 0 fully saturated rings. The first-order valence-electron chi connectivity index (χ1n) is 6.32. The number of nitro benzene ring substituents is 1. The van der Waals surface area contributed by atoms with Crippen LogP contribution in [0.1, 0.15) is 5.56 Å². The summed E-state index contributed by atoms with van der Waals surface area (Å²) in [5, 5.41) is 37.4. The molecule has 23 heavy (non-hydrogen) atoms. The third-order valence-electron chi connectivity index (χ3n) is 2.95. The molecule has 0 heterocycles. The van der Waals surface area contributed by atoms with Gasteiger partial charge in [-0.2, -0.15) is 0 Å². The molecule has 0 amide bonds. The van der Waals surface area contributed by atoms with Crippen LogP contribution in [0.15, 0.2) is 40.6 Å².